The van der Waals surface area contributed by atoms with E-state index in [9.17, 15) is 4.79 Å². The van der Waals surface area contributed by atoms with Crippen LogP contribution in [0.2, 0.25) is 0 Å². The normalized spacial score (nSPS) is 17.8. The predicted octanol–water partition coefficient (Wildman–Crippen LogP) is 0.596. The number of fused-ring (bicyclic) bond motifs is 3. The maximum Gasteiger partial charge on any atom is 0.267 e. The summed E-state index contributed by atoms with van der Waals surface area (Å²) >= 11 is 1.76. The number of hydrogen-bond acceptors (Lipinski definition) is 3. The number of nitrogens with zero attached hydrogens (tertiary/aromatic N) is 2. The fourth-order valence-electron chi connectivity index (χ4n) is 4.71. The Bertz CT molecular complexity index is 1080. The van der Waals surface area contributed by atoms with Crippen molar-refractivity contribution in [1.82, 2.24) is 9.55 Å². The van der Waals surface area contributed by atoms with E-state index in [4.69, 9.17) is 4.98 Å². The molecule has 1 aromatic carbocycles. The summed E-state index contributed by atoms with van der Waals surface area (Å²) in [5.41, 5.74) is 3.52. The molecule has 0 saturated carbocycles. The van der Waals surface area contributed by atoms with Gasteiger partial charge in [-0.2, -0.15) is 0 Å². The molecule has 146 valence electrons. The Balaban J connectivity index is 1.73. The Morgan fingerprint density at radius 2 is 1.96 bits per heavy atom. The lowest BCUT2D eigenvalue weighted by Crippen LogP contribution is -3.19. The second kappa shape index (κ2) is 7.43. The summed E-state index contributed by atoms with van der Waals surface area (Å²) in [5, 5.41) is 3.26. The molecule has 6 heteroatoms. The minimum Gasteiger partial charge on any atom is -0.337 e. The third kappa shape index (κ3) is 3.09. The van der Waals surface area contributed by atoms with E-state index < -0.39 is 0 Å². The predicted molar refractivity (Wildman–Crippen MR) is 113 cm³/mol. The van der Waals surface area contributed by atoms with Gasteiger partial charge in [-0.05, 0) is 49.8 Å². The number of aromatic nitrogens is 2. The second-order valence-electron chi connectivity index (χ2n) is 8.14. The Morgan fingerprint density at radius 3 is 2.79 bits per heavy atom. The highest BCUT2D eigenvalue weighted by atomic mass is 32.1. The Morgan fingerprint density at radius 1 is 1.18 bits per heavy atom. The smallest absolute Gasteiger partial charge is 0.267 e. The van der Waals surface area contributed by atoms with Gasteiger partial charge < -0.3 is 10.2 Å². The van der Waals surface area contributed by atoms with Crippen LogP contribution in [0.3, 0.4) is 0 Å². The van der Waals surface area contributed by atoms with E-state index in [1.807, 2.05) is 16.7 Å². The summed E-state index contributed by atoms with van der Waals surface area (Å²) in [4.78, 5) is 22.8. The molecule has 0 unspecified atom stereocenters. The van der Waals surface area contributed by atoms with Crippen LogP contribution in [0.15, 0.2) is 29.1 Å². The highest BCUT2D eigenvalue weighted by Crippen LogP contribution is 2.34. The zero-order valence-electron chi connectivity index (χ0n) is 16.5. The number of para-hydroxylation sites is 1. The van der Waals surface area contributed by atoms with E-state index in [-0.39, 0.29) is 5.56 Å². The van der Waals surface area contributed by atoms with Crippen molar-refractivity contribution in [3.63, 3.8) is 0 Å². The molecule has 1 aliphatic carbocycles. The van der Waals surface area contributed by atoms with Crippen molar-refractivity contribution in [3.05, 3.63) is 56.4 Å². The van der Waals surface area contributed by atoms with E-state index >= 15 is 0 Å². The maximum absolute atomic E-state index is 13.8. The van der Waals surface area contributed by atoms with Crippen LogP contribution in [0.4, 0.5) is 0 Å². The fraction of sp³-hybridized carbons (Fsp3) is 0.455. The van der Waals surface area contributed by atoms with Crippen molar-refractivity contribution in [1.29, 1.82) is 0 Å². The molecule has 1 saturated heterocycles. The lowest BCUT2D eigenvalue weighted by atomic mass is 9.97. The lowest BCUT2D eigenvalue weighted by Gasteiger charge is -2.23. The van der Waals surface area contributed by atoms with Crippen molar-refractivity contribution in [3.8, 4) is 5.69 Å². The van der Waals surface area contributed by atoms with Crippen LogP contribution in [0, 0.1) is 6.92 Å². The van der Waals surface area contributed by atoms with Crippen molar-refractivity contribution >= 4 is 21.6 Å². The van der Waals surface area contributed by atoms with E-state index in [1.165, 1.54) is 28.2 Å². The van der Waals surface area contributed by atoms with Gasteiger partial charge in [0.05, 0.1) is 11.1 Å². The molecule has 0 spiro atoms. The summed E-state index contributed by atoms with van der Waals surface area (Å²) in [6, 6.07) is 8.20. The van der Waals surface area contributed by atoms with Crippen molar-refractivity contribution in [2.75, 3.05) is 26.2 Å². The molecule has 0 amide bonds. The van der Waals surface area contributed by atoms with E-state index in [0.29, 0.717) is 0 Å². The van der Waals surface area contributed by atoms with Crippen LogP contribution < -0.4 is 15.8 Å². The summed E-state index contributed by atoms with van der Waals surface area (Å²) in [6.07, 6.45) is 4.53. The SMILES string of the molecule is Cc1ccccc1-n1c(C[NH+]2CC[NH2+]CC2)nc2sc3c(c2c1=O)CCCC3. The average molecular weight is 397 g/mol. The molecule has 0 atom stereocenters. The molecule has 28 heavy (non-hydrogen) atoms. The number of aryl methyl sites for hydroxylation is 3. The van der Waals surface area contributed by atoms with Crippen LogP contribution >= 0.6 is 11.3 Å². The van der Waals surface area contributed by atoms with Gasteiger partial charge in [0.25, 0.3) is 5.56 Å². The Hall–Kier alpha value is -2.02. The number of nitrogens with two attached hydrogens (primary N) is 1. The summed E-state index contributed by atoms with van der Waals surface area (Å²) in [7, 11) is 0. The van der Waals surface area contributed by atoms with Crippen molar-refractivity contribution in [2.45, 2.75) is 39.2 Å². The minimum absolute atomic E-state index is 0.136. The van der Waals surface area contributed by atoms with Crippen LogP contribution in [0.1, 0.15) is 34.7 Å². The van der Waals surface area contributed by atoms with Gasteiger partial charge in [0.1, 0.15) is 37.6 Å². The molecule has 0 radical (unpaired) electrons. The quantitative estimate of drug-likeness (QED) is 0.681. The summed E-state index contributed by atoms with van der Waals surface area (Å²) < 4.78 is 1.92. The first-order valence-corrected chi connectivity index (χ1v) is 11.3. The second-order valence-corrected chi connectivity index (χ2v) is 9.22. The van der Waals surface area contributed by atoms with Gasteiger partial charge in [-0.1, -0.05) is 18.2 Å². The highest BCUT2D eigenvalue weighted by Gasteiger charge is 2.25. The number of rotatable bonds is 3. The monoisotopic (exact) mass is 396 g/mol. The molecule has 3 N–H and O–H groups in total. The highest BCUT2D eigenvalue weighted by molar-refractivity contribution is 7.18. The number of quaternary nitrogens is 2. The molecule has 1 fully saturated rings. The summed E-state index contributed by atoms with van der Waals surface area (Å²) in [5.74, 6) is 0.919. The van der Waals surface area contributed by atoms with Gasteiger partial charge in [0.2, 0.25) is 0 Å². The zero-order valence-corrected chi connectivity index (χ0v) is 17.3. The average Bonchev–Trinajstić information content (AvgIpc) is 3.08. The molecule has 5 nitrogen and oxygen atoms in total. The number of nitrogens with one attached hydrogen (secondary N) is 1. The first-order valence-electron chi connectivity index (χ1n) is 10.5. The van der Waals surface area contributed by atoms with Crippen LogP contribution in [-0.2, 0) is 19.4 Å². The number of piperazine rings is 1. The van der Waals surface area contributed by atoms with Gasteiger partial charge >= 0.3 is 0 Å². The third-order valence-electron chi connectivity index (χ3n) is 6.23. The van der Waals surface area contributed by atoms with Crippen molar-refractivity contribution < 1.29 is 10.2 Å². The molecular weight excluding hydrogens is 368 g/mol. The number of hydrogen-bond donors (Lipinski definition) is 2. The third-order valence-corrected chi connectivity index (χ3v) is 7.41. The van der Waals surface area contributed by atoms with E-state index in [2.05, 4.69) is 24.4 Å². The molecule has 2 aliphatic rings. The Labute approximate surface area is 169 Å². The van der Waals surface area contributed by atoms with E-state index in [1.54, 1.807) is 11.3 Å². The first-order chi connectivity index (χ1) is 13.7. The summed E-state index contributed by atoms with van der Waals surface area (Å²) in [6.45, 7) is 7.46. The number of thiophene rings is 1. The maximum atomic E-state index is 13.8. The van der Waals surface area contributed by atoms with Crippen LogP contribution in [0.25, 0.3) is 15.9 Å². The zero-order chi connectivity index (χ0) is 19.1. The molecule has 2 aromatic heterocycles. The fourth-order valence-corrected chi connectivity index (χ4v) is 5.98. The molecule has 0 bridgehead atoms. The first kappa shape index (κ1) is 18.0. The molecular formula is C22H28N4OS+2. The van der Waals surface area contributed by atoms with E-state index in [0.717, 1.165) is 72.9 Å². The molecule has 1 aliphatic heterocycles. The lowest BCUT2D eigenvalue weighted by molar-refractivity contribution is -0.958. The molecule has 3 heterocycles. The topological polar surface area (TPSA) is 55.9 Å². The molecule has 5 rings (SSSR count). The van der Waals surface area contributed by atoms with Gasteiger partial charge in [-0.15, -0.1) is 11.3 Å². The van der Waals surface area contributed by atoms with Crippen LogP contribution in [0.5, 0.6) is 0 Å². The molecule has 3 aromatic rings. The largest absolute Gasteiger partial charge is 0.337 e. The minimum atomic E-state index is 0.136. The van der Waals surface area contributed by atoms with Gasteiger partial charge in [0.15, 0.2) is 5.82 Å². The Kier molecular flexibility index (Phi) is 4.78. The van der Waals surface area contributed by atoms with Gasteiger partial charge in [-0.3, -0.25) is 9.36 Å². The number of benzene rings is 1. The van der Waals surface area contributed by atoms with Gasteiger partial charge in [0, 0.05) is 4.88 Å². The van der Waals surface area contributed by atoms with Gasteiger partial charge in [-0.25, -0.2) is 4.98 Å². The standard InChI is InChI=1S/C22H26N4OS/c1-15-6-2-4-8-17(15)26-19(14-25-12-10-23-11-13-25)24-21-20(22(26)27)16-7-3-5-9-18(16)28-21/h2,4,6,8,23H,3,5,7,9-14H2,1H3/p+2. The van der Waals surface area contributed by atoms with Crippen molar-refractivity contribution in [2.24, 2.45) is 0 Å². The van der Waals surface area contributed by atoms with Crippen LogP contribution in [-0.4, -0.2) is 35.7 Å².